The van der Waals surface area contributed by atoms with E-state index in [-0.39, 0.29) is 0 Å². The van der Waals surface area contributed by atoms with Crippen molar-refractivity contribution < 1.29 is 4.42 Å². The van der Waals surface area contributed by atoms with Gasteiger partial charge in [0.1, 0.15) is 16.6 Å². The molecule has 0 saturated carbocycles. The largest absolute Gasteiger partial charge is 0.454 e. The topological polar surface area (TPSA) is 69.6 Å². The van der Waals surface area contributed by atoms with Crippen molar-refractivity contribution in [3.63, 3.8) is 0 Å². The summed E-state index contributed by atoms with van der Waals surface area (Å²) >= 11 is 0. The van der Waals surface area contributed by atoms with Crippen molar-refractivity contribution >= 4 is 76.3 Å². The maximum Gasteiger partial charge on any atom is 0.160 e. The van der Waals surface area contributed by atoms with Gasteiger partial charge in [0.15, 0.2) is 17.2 Å². The number of rotatable bonds is 3. The van der Waals surface area contributed by atoms with Crippen LogP contribution in [0.3, 0.4) is 0 Å². The Hall–Kier alpha value is -6.92. The van der Waals surface area contributed by atoms with Crippen molar-refractivity contribution in [2.45, 2.75) is 0 Å². The van der Waals surface area contributed by atoms with Crippen LogP contribution in [0.5, 0.6) is 0 Å². The molecular formula is C44H25N5O. The fraction of sp³-hybridized carbons (Fsp3) is 0. The second kappa shape index (κ2) is 10.3. The highest BCUT2D eigenvalue weighted by Crippen LogP contribution is 2.41. The third kappa shape index (κ3) is 3.84. The van der Waals surface area contributed by atoms with E-state index < -0.39 is 0 Å². The molecule has 50 heavy (non-hydrogen) atoms. The summed E-state index contributed by atoms with van der Waals surface area (Å²) in [4.78, 5) is 20.1. The van der Waals surface area contributed by atoms with Gasteiger partial charge in [0.25, 0.3) is 0 Å². The van der Waals surface area contributed by atoms with Crippen LogP contribution in [0.4, 0.5) is 0 Å². The monoisotopic (exact) mass is 639 g/mol. The molecule has 0 N–H and O–H groups in total. The van der Waals surface area contributed by atoms with E-state index in [1.165, 1.54) is 5.39 Å². The lowest BCUT2D eigenvalue weighted by atomic mass is 10.0. The molecule has 6 heteroatoms. The Morgan fingerprint density at radius 1 is 0.440 bits per heavy atom. The van der Waals surface area contributed by atoms with Crippen molar-refractivity contribution in [2.75, 3.05) is 0 Å². The van der Waals surface area contributed by atoms with E-state index in [4.69, 9.17) is 24.4 Å². The Bertz CT molecular complexity index is 3160. The SMILES string of the molecule is c1ccc(-c2ncc3c4ccccc4c4cnc(-c5cccc(-n6c7ccccc7c7ccc8c9ccccc9oc8c76)c5)nc4c3n2)cc1. The molecule has 0 fully saturated rings. The van der Waals surface area contributed by atoms with Crippen molar-refractivity contribution in [2.24, 2.45) is 0 Å². The Morgan fingerprint density at radius 3 is 1.80 bits per heavy atom. The molecule has 0 bridgehead atoms. The van der Waals surface area contributed by atoms with Gasteiger partial charge in [-0.25, -0.2) is 19.9 Å². The molecule has 0 atom stereocenters. The second-order valence-corrected chi connectivity index (χ2v) is 12.7. The lowest BCUT2D eigenvalue weighted by Gasteiger charge is -2.12. The Morgan fingerprint density at radius 2 is 1.04 bits per heavy atom. The molecule has 11 rings (SSSR count). The summed E-state index contributed by atoms with van der Waals surface area (Å²) < 4.78 is 8.89. The van der Waals surface area contributed by atoms with E-state index in [0.717, 1.165) is 87.8 Å². The molecule has 7 aromatic carbocycles. The van der Waals surface area contributed by atoms with Crippen LogP contribution in [0.1, 0.15) is 0 Å². The molecule has 0 amide bonds. The first-order valence-corrected chi connectivity index (χ1v) is 16.6. The molecule has 0 unspecified atom stereocenters. The van der Waals surface area contributed by atoms with E-state index >= 15 is 0 Å². The van der Waals surface area contributed by atoms with Crippen LogP contribution in [0.15, 0.2) is 156 Å². The van der Waals surface area contributed by atoms with Gasteiger partial charge in [-0.2, -0.15) is 0 Å². The van der Waals surface area contributed by atoms with E-state index in [1.807, 2.05) is 60.9 Å². The fourth-order valence-electron chi connectivity index (χ4n) is 7.62. The number of benzene rings is 7. The first-order valence-electron chi connectivity index (χ1n) is 16.6. The number of aromatic nitrogens is 5. The average Bonchev–Trinajstić information content (AvgIpc) is 3.74. The normalized spacial score (nSPS) is 12.0. The van der Waals surface area contributed by atoms with Gasteiger partial charge in [-0.05, 0) is 41.1 Å². The zero-order chi connectivity index (χ0) is 32.8. The smallest absolute Gasteiger partial charge is 0.160 e. The van der Waals surface area contributed by atoms with Gasteiger partial charge in [0.2, 0.25) is 0 Å². The standard InChI is InChI=1S/C44H25N5O/c1-2-11-26(12-3-1)43-45-24-35-29-15-4-5-16-30(29)36-25-46-44(48-40(36)39(35)47-43)27-13-10-14-28(23-27)49-37-19-8-6-17-31(37)33-21-22-34-32-18-7-9-20-38(32)50-42(34)41(33)49/h1-25H. The highest BCUT2D eigenvalue weighted by molar-refractivity contribution is 6.23. The Kier molecular flexibility index (Phi) is 5.57. The summed E-state index contributed by atoms with van der Waals surface area (Å²) in [6.45, 7) is 0. The summed E-state index contributed by atoms with van der Waals surface area (Å²) in [5.74, 6) is 1.30. The maximum absolute atomic E-state index is 6.58. The Balaban J connectivity index is 1.16. The molecule has 4 heterocycles. The molecule has 11 aromatic rings. The number of hydrogen-bond acceptors (Lipinski definition) is 5. The van der Waals surface area contributed by atoms with Crippen molar-refractivity contribution in [1.29, 1.82) is 0 Å². The van der Waals surface area contributed by atoms with E-state index in [1.54, 1.807) is 0 Å². The van der Waals surface area contributed by atoms with Crippen LogP contribution in [-0.4, -0.2) is 24.5 Å². The predicted octanol–water partition coefficient (Wildman–Crippen LogP) is 11.1. The number of fused-ring (bicyclic) bond motifs is 13. The maximum atomic E-state index is 6.58. The summed E-state index contributed by atoms with van der Waals surface area (Å²) in [5.41, 5.74) is 8.38. The van der Waals surface area contributed by atoms with Crippen molar-refractivity contribution in [1.82, 2.24) is 24.5 Å². The molecule has 4 aromatic heterocycles. The van der Waals surface area contributed by atoms with Crippen molar-refractivity contribution in [3.05, 3.63) is 152 Å². The summed E-state index contributed by atoms with van der Waals surface area (Å²) in [6, 6.07) is 48.0. The predicted molar refractivity (Wildman–Crippen MR) is 203 cm³/mol. The molecule has 6 nitrogen and oxygen atoms in total. The van der Waals surface area contributed by atoms with Crippen LogP contribution in [0.25, 0.3) is 105 Å². The van der Waals surface area contributed by atoms with Gasteiger partial charge in [0, 0.05) is 61.5 Å². The summed E-state index contributed by atoms with van der Waals surface area (Å²) in [6.07, 6.45) is 3.87. The summed E-state index contributed by atoms with van der Waals surface area (Å²) in [5, 5.41) is 8.60. The van der Waals surface area contributed by atoms with E-state index in [2.05, 4.69) is 95.6 Å². The summed E-state index contributed by atoms with van der Waals surface area (Å²) in [7, 11) is 0. The van der Waals surface area contributed by atoms with Gasteiger partial charge in [0.05, 0.1) is 11.0 Å². The number of furan rings is 1. The van der Waals surface area contributed by atoms with Crippen LogP contribution in [0, 0.1) is 0 Å². The quantitative estimate of drug-likeness (QED) is 0.180. The molecule has 0 aliphatic carbocycles. The van der Waals surface area contributed by atoms with Crippen LogP contribution < -0.4 is 0 Å². The van der Waals surface area contributed by atoms with Crippen molar-refractivity contribution in [3.8, 4) is 28.5 Å². The number of para-hydroxylation sites is 2. The lowest BCUT2D eigenvalue weighted by Crippen LogP contribution is -1.98. The van der Waals surface area contributed by atoms with Gasteiger partial charge < -0.3 is 8.98 Å². The third-order valence-corrected chi connectivity index (χ3v) is 9.88. The van der Waals surface area contributed by atoms with Gasteiger partial charge >= 0.3 is 0 Å². The second-order valence-electron chi connectivity index (χ2n) is 12.7. The highest BCUT2D eigenvalue weighted by Gasteiger charge is 2.20. The first kappa shape index (κ1) is 27.1. The highest BCUT2D eigenvalue weighted by atomic mass is 16.3. The van der Waals surface area contributed by atoms with Crippen LogP contribution in [-0.2, 0) is 0 Å². The van der Waals surface area contributed by atoms with E-state index in [0.29, 0.717) is 11.6 Å². The minimum atomic E-state index is 0.630. The Labute approximate surface area is 284 Å². The minimum absolute atomic E-state index is 0.630. The van der Waals surface area contributed by atoms with Crippen LogP contribution >= 0.6 is 0 Å². The fourth-order valence-corrected chi connectivity index (χ4v) is 7.62. The zero-order valence-electron chi connectivity index (χ0n) is 26.6. The van der Waals surface area contributed by atoms with Crippen LogP contribution in [0.2, 0.25) is 0 Å². The zero-order valence-corrected chi connectivity index (χ0v) is 26.6. The molecule has 0 aliphatic rings. The third-order valence-electron chi connectivity index (χ3n) is 9.88. The van der Waals surface area contributed by atoms with Gasteiger partial charge in [-0.3, -0.25) is 0 Å². The first-order chi connectivity index (χ1) is 24.8. The molecule has 232 valence electrons. The average molecular weight is 640 g/mol. The number of nitrogens with zero attached hydrogens (tertiary/aromatic N) is 5. The lowest BCUT2D eigenvalue weighted by molar-refractivity contribution is 0.671. The molecule has 0 saturated heterocycles. The van der Waals surface area contributed by atoms with Gasteiger partial charge in [-0.15, -0.1) is 0 Å². The van der Waals surface area contributed by atoms with Gasteiger partial charge in [-0.1, -0.05) is 109 Å². The molecule has 0 radical (unpaired) electrons. The molecule has 0 aliphatic heterocycles. The van der Waals surface area contributed by atoms with E-state index in [9.17, 15) is 0 Å². The number of hydrogen-bond donors (Lipinski definition) is 0. The molecule has 0 spiro atoms. The minimum Gasteiger partial charge on any atom is -0.454 e. The molecular weight excluding hydrogens is 615 g/mol.